The number of H-pyrrole nitrogens is 1. The molecule has 2 aromatic heterocycles. The lowest BCUT2D eigenvalue weighted by Crippen LogP contribution is -2.47. The van der Waals surface area contributed by atoms with Gasteiger partial charge >= 0.3 is 11.6 Å². The molecule has 176 valence electrons. The minimum atomic E-state index is -1.14. The van der Waals surface area contributed by atoms with Gasteiger partial charge in [-0.05, 0) is 49.6 Å². The van der Waals surface area contributed by atoms with Crippen LogP contribution in [0.5, 0.6) is 5.75 Å². The van der Waals surface area contributed by atoms with E-state index >= 15 is 0 Å². The van der Waals surface area contributed by atoms with Crippen LogP contribution in [0.4, 0.5) is 0 Å². The average Bonchev–Trinajstić information content (AvgIpc) is 3.22. The van der Waals surface area contributed by atoms with Gasteiger partial charge in [0.1, 0.15) is 17.4 Å². The number of hydrogen-bond acceptors (Lipinski definition) is 5. The van der Waals surface area contributed by atoms with E-state index in [0.29, 0.717) is 23.3 Å². The van der Waals surface area contributed by atoms with Gasteiger partial charge in [0.15, 0.2) is 6.10 Å². The fraction of sp³-hybridized carbons (Fsp3) is 0.269. The predicted molar refractivity (Wildman–Crippen MR) is 128 cm³/mol. The quantitative estimate of drug-likeness (QED) is 0.343. The number of amides is 1. The summed E-state index contributed by atoms with van der Waals surface area (Å²) in [7, 11) is 0. The topological polar surface area (TPSA) is 122 Å². The third kappa shape index (κ3) is 4.52. The monoisotopic (exact) mass is 462 g/mol. The molecule has 2 heterocycles. The summed E-state index contributed by atoms with van der Waals surface area (Å²) in [6.07, 6.45) is 1.58. The molecule has 0 saturated carbocycles. The summed E-state index contributed by atoms with van der Waals surface area (Å²) in [5.74, 6) is -1.31. The van der Waals surface area contributed by atoms with Crippen LogP contribution in [0.25, 0.3) is 21.9 Å². The number of nitrogens with one attached hydrogen (secondary N) is 2. The van der Waals surface area contributed by atoms with Gasteiger partial charge in [-0.15, -0.1) is 0 Å². The molecular formula is C26H26N2O6. The molecule has 4 aromatic rings. The summed E-state index contributed by atoms with van der Waals surface area (Å²) in [4.78, 5) is 39.7. The molecule has 0 aliphatic heterocycles. The summed E-state index contributed by atoms with van der Waals surface area (Å²) in [6.45, 7) is 5.25. The molecule has 0 fully saturated rings. The SMILES string of the molecule is CCc1cc(=O)oc2c(C)c(O[C@@H](C)C(=O)N[C@@H](Cc3c[nH]c4ccccc34)C(=O)O)ccc12. The number of aliphatic carboxylic acids is 1. The normalized spacial score (nSPS) is 13.0. The van der Waals surface area contributed by atoms with Gasteiger partial charge in [0.25, 0.3) is 5.91 Å². The molecule has 1 amide bonds. The summed E-state index contributed by atoms with van der Waals surface area (Å²) in [5.41, 5.74) is 3.12. The van der Waals surface area contributed by atoms with Crippen LogP contribution in [-0.2, 0) is 22.4 Å². The third-order valence-corrected chi connectivity index (χ3v) is 5.96. The zero-order chi connectivity index (χ0) is 24.4. The number of fused-ring (bicyclic) bond motifs is 2. The zero-order valence-electron chi connectivity index (χ0n) is 19.2. The Bertz CT molecular complexity index is 1430. The van der Waals surface area contributed by atoms with Crippen molar-refractivity contribution < 1.29 is 23.8 Å². The zero-order valence-corrected chi connectivity index (χ0v) is 19.2. The van der Waals surface area contributed by atoms with E-state index in [1.807, 2.05) is 31.2 Å². The first-order valence-corrected chi connectivity index (χ1v) is 11.1. The maximum Gasteiger partial charge on any atom is 0.336 e. The number of aromatic nitrogens is 1. The number of aromatic amines is 1. The molecule has 0 spiro atoms. The van der Waals surface area contributed by atoms with Crippen molar-refractivity contribution in [1.29, 1.82) is 0 Å². The summed E-state index contributed by atoms with van der Waals surface area (Å²) in [5, 5.41) is 14.0. The van der Waals surface area contributed by atoms with E-state index in [1.54, 1.807) is 32.2 Å². The number of carbonyl (C=O) groups is 2. The first-order chi connectivity index (χ1) is 16.3. The second kappa shape index (κ2) is 9.43. The van der Waals surface area contributed by atoms with Crippen molar-refractivity contribution in [1.82, 2.24) is 10.3 Å². The van der Waals surface area contributed by atoms with Gasteiger partial charge in [-0.1, -0.05) is 25.1 Å². The fourth-order valence-corrected chi connectivity index (χ4v) is 4.08. The van der Waals surface area contributed by atoms with Gasteiger partial charge in [0.2, 0.25) is 0 Å². The van der Waals surface area contributed by atoms with E-state index in [0.717, 1.165) is 27.4 Å². The highest BCUT2D eigenvalue weighted by molar-refractivity contribution is 5.89. The Balaban J connectivity index is 1.51. The first-order valence-electron chi connectivity index (χ1n) is 11.1. The van der Waals surface area contributed by atoms with Crippen molar-refractivity contribution in [2.45, 2.75) is 45.8 Å². The molecule has 8 nitrogen and oxygen atoms in total. The van der Waals surface area contributed by atoms with Gasteiger partial charge in [0, 0.05) is 40.5 Å². The number of aryl methyl sites for hydroxylation is 2. The van der Waals surface area contributed by atoms with Gasteiger partial charge in [0.05, 0.1) is 0 Å². The summed E-state index contributed by atoms with van der Waals surface area (Å²) in [6, 6.07) is 11.4. The molecule has 4 rings (SSSR count). The van der Waals surface area contributed by atoms with Crippen LogP contribution in [0, 0.1) is 6.92 Å². The molecule has 0 aliphatic rings. The van der Waals surface area contributed by atoms with E-state index in [-0.39, 0.29) is 6.42 Å². The van der Waals surface area contributed by atoms with Crippen LogP contribution in [0.3, 0.4) is 0 Å². The standard InChI is InChI=1S/C26H26N2O6/c1-4-16-12-23(29)34-24-14(2)22(10-9-19(16)24)33-15(3)25(30)28-21(26(31)32)11-17-13-27-20-8-6-5-7-18(17)20/h5-10,12-13,15,21,27H,4,11H2,1-3H3,(H,28,30)(H,31,32)/t15-,21-/m0/s1. The highest BCUT2D eigenvalue weighted by Gasteiger charge is 2.26. The molecule has 0 radical (unpaired) electrons. The third-order valence-electron chi connectivity index (χ3n) is 5.96. The van der Waals surface area contributed by atoms with Crippen molar-refractivity contribution in [3.63, 3.8) is 0 Å². The second-order valence-corrected chi connectivity index (χ2v) is 8.23. The number of hydrogen-bond donors (Lipinski definition) is 3. The van der Waals surface area contributed by atoms with Crippen LogP contribution in [0.15, 0.2) is 57.9 Å². The molecule has 0 saturated heterocycles. The minimum absolute atomic E-state index is 0.123. The number of ether oxygens (including phenoxy) is 1. The van der Waals surface area contributed by atoms with Crippen LogP contribution in [0.1, 0.15) is 30.5 Å². The van der Waals surface area contributed by atoms with E-state index in [1.165, 1.54) is 6.07 Å². The molecule has 34 heavy (non-hydrogen) atoms. The van der Waals surface area contributed by atoms with E-state index in [9.17, 15) is 19.5 Å². The van der Waals surface area contributed by atoms with Gasteiger partial charge in [-0.3, -0.25) is 4.79 Å². The average molecular weight is 463 g/mol. The fourth-order valence-electron chi connectivity index (χ4n) is 4.08. The van der Waals surface area contributed by atoms with Gasteiger partial charge in [-0.2, -0.15) is 0 Å². The number of para-hydroxylation sites is 1. The van der Waals surface area contributed by atoms with Crippen molar-refractivity contribution in [2.24, 2.45) is 0 Å². The van der Waals surface area contributed by atoms with Gasteiger partial charge < -0.3 is 24.6 Å². The maximum absolute atomic E-state index is 12.8. The predicted octanol–water partition coefficient (Wildman–Crippen LogP) is 3.72. The maximum atomic E-state index is 12.8. The van der Waals surface area contributed by atoms with E-state index in [2.05, 4.69) is 10.3 Å². The Morgan fingerprint density at radius 2 is 1.91 bits per heavy atom. The molecular weight excluding hydrogens is 436 g/mol. The lowest BCUT2D eigenvalue weighted by Gasteiger charge is -2.20. The highest BCUT2D eigenvalue weighted by Crippen LogP contribution is 2.29. The van der Waals surface area contributed by atoms with E-state index < -0.39 is 29.6 Å². The Morgan fingerprint density at radius 1 is 1.15 bits per heavy atom. The van der Waals surface area contributed by atoms with Crippen LogP contribution in [0.2, 0.25) is 0 Å². The van der Waals surface area contributed by atoms with Crippen molar-refractivity contribution in [2.75, 3.05) is 0 Å². The first kappa shape index (κ1) is 23.1. The second-order valence-electron chi connectivity index (χ2n) is 8.23. The minimum Gasteiger partial charge on any atom is -0.480 e. The van der Waals surface area contributed by atoms with E-state index in [4.69, 9.17) is 9.15 Å². The van der Waals surface area contributed by atoms with Crippen molar-refractivity contribution in [3.8, 4) is 5.75 Å². The lowest BCUT2D eigenvalue weighted by molar-refractivity contribution is -0.142. The number of rotatable bonds is 8. The lowest BCUT2D eigenvalue weighted by atomic mass is 10.0. The Kier molecular flexibility index (Phi) is 6.40. The summed E-state index contributed by atoms with van der Waals surface area (Å²) >= 11 is 0. The highest BCUT2D eigenvalue weighted by atomic mass is 16.5. The van der Waals surface area contributed by atoms with Crippen molar-refractivity contribution in [3.05, 3.63) is 75.8 Å². The number of benzene rings is 2. The van der Waals surface area contributed by atoms with Gasteiger partial charge in [-0.25, -0.2) is 9.59 Å². The molecule has 2 atom stereocenters. The Morgan fingerprint density at radius 3 is 2.65 bits per heavy atom. The largest absolute Gasteiger partial charge is 0.480 e. The summed E-state index contributed by atoms with van der Waals surface area (Å²) < 4.78 is 11.2. The molecule has 3 N–H and O–H groups in total. The molecule has 0 aliphatic carbocycles. The number of carbonyl (C=O) groups excluding carboxylic acids is 1. The number of carboxylic acids is 1. The molecule has 2 aromatic carbocycles. The van der Waals surface area contributed by atoms with Crippen LogP contribution < -0.4 is 15.7 Å². The Labute approximate surface area is 195 Å². The number of carboxylic acid groups (broad SMARTS) is 1. The van der Waals surface area contributed by atoms with Crippen LogP contribution >= 0.6 is 0 Å². The van der Waals surface area contributed by atoms with Crippen LogP contribution in [-0.4, -0.2) is 34.1 Å². The van der Waals surface area contributed by atoms with Crippen molar-refractivity contribution >= 4 is 33.7 Å². The molecule has 0 unspecified atom stereocenters. The molecule has 0 bridgehead atoms. The Hall–Kier alpha value is -4.07. The molecule has 8 heteroatoms. The smallest absolute Gasteiger partial charge is 0.336 e.